The molecule has 0 spiro atoms. The number of rotatable bonds is 7. The summed E-state index contributed by atoms with van der Waals surface area (Å²) in [6.45, 7) is 13.1. The van der Waals surface area contributed by atoms with Crippen LogP contribution in [-0.2, 0) is 0 Å². The lowest BCUT2D eigenvalue weighted by molar-refractivity contribution is 0.195. The van der Waals surface area contributed by atoms with E-state index >= 15 is 0 Å². The van der Waals surface area contributed by atoms with Crippen LogP contribution >= 0.6 is 12.2 Å². The molecule has 0 aromatic rings. The van der Waals surface area contributed by atoms with Crippen LogP contribution in [0.25, 0.3) is 0 Å². The van der Waals surface area contributed by atoms with Crippen LogP contribution in [0.15, 0.2) is 0 Å². The highest BCUT2D eigenvalue weighted by atomic mass is 32.1. The lowest BCUT2D eigenvalue weighted by Gasteiger charge is -2.31. The lowest BCUT2D eigenvalue weighted by atomic mass is 9.89. The van der Waals surface area contributed by atoms with Gasteiger partial charge in [0.25, 0.3) is 0 Å². The molecule has 0 fully saturated rings. The molecular weight excluding hydrogens is 204 g/mol. The number of hydrogen-bond donors (Lipinski definition) is 1. The average molecular weight is 230 g/mol. The molecule has 0 bridgehead atoms. The summed E-state index contributed by atoms with van der Waals surface area (Å²) < 4.78 is 0. The largest absolute Gasteiger partial charge is 0.393 e. The number of nitrogens with zero attached hydrogens (tertiary/aromatic N) is 1. The van der Waals surface area contributed by atoms with Crippen molar-refractivity contribution in [1.82, 2.24) is 4.90 Å². The van der Waals surface area contributed by atoms with Crippen LogP contribution in [0.3, 0.4) is 0 Å². The molecule has 0 radical (unpaired) electrons. The Kier molecular flexibility index (Phi) is 6.37. The Labute approximate surface area is 100 Å². The summed E-state index contributed by atoms with van der Waals surface area (Å²) >= 11 is 5.07. The minimum Gasteiger partial charge on any atom is -0.393 e. The Morgan fingerprint density at radius 2 is 1.93 bits per heavy atom. The molecule has 0 saturated carbocycles. The lowest BCUT2D eigenvalue weighted by Crippen LogP contribution is -2.38. The van der Waals surface area contributed by atoms with Gasteiger partial charge in [0.05, 0.1) is 4.99 Å². The third kappa shape index (κ3) is 4.94. The zero-order valence-electron chi connectivity index (χ0n) is 10.8. The molecule has 0 heterocycles. The molecule has 1 unspecified atom stereocenters. The van der Waals surface area contributed by atoms with Crippen LogP contribution in [0.5, 0.6) is 0 Å². The average Bonchev–Trinajstić information content (AvgIpc) is 2.17. The first-order chi connectivity index (χ1) is 6.85. The van der Waals surface area contributed by atoms with Gasteiger partial charge < -0.3 is 10.6 Å². The van der Waals surface area contributed by atoms with E-state index in [2.05, 4.69) is 39.5 Å². The predicted molar refractivity (Wildman–Crippen MR) is 72.2 cm³/mol. The van der Waals surface area contributed by atoms with Gasteiger partial charge in [-0.05, 0) is 32.9 Å². The van der Waals surface area contributed by atoms with Crippen molar-refractivity contribution in [3.63, 3.8) is 0 Å². The predicted octanol–water partition coefficient (Wildman–Crippen LogP) is 2.81. The fraction of sp³-hybridized carbons (Fsp3) is 0.917. The molecule has 1 atom stereocenters. The van der Waals surface area contributed by atoms with Crippen molar-refractivity contribution >= 4 is 17.2 Å². The maximum Gasteiger partial charge on any atom is 0.0784 e. The van der Waals surface area contributed by atoms with E-state index in [1.54, 1.807) is 0 Å². The molecule has 0 aliphatic heterocycles. The van der Waals surface area contributed by atoms with Crippen LogP contribution in [0.2, 0.25) is 0 Å². The molecule has 2 nitrogen and oxygen atoms in total. The van der Waals surface area contributed by atoms with Gasteiger partial charge in [0.15, 0.2) is 0 Å². The first-order valence-electron chi connectivity index (χ1n) is 5.89. The topological polar surface area (TPSA) is 29.3 Å². The van der Waals surface area contributed by atoms with Crippen LogP contribution in [0.1, 0.15) is 47.5 Å². The quantitative estimate of drug-likeness (QED) is 0.682. The monoisotopic (exact) mass is 230 g/mol. The van der Waals surface area contributed by atoms with Gasteiger partial charge in [0.2, 0.25) is 0 Å². The van der Waals surface area contributed by atoms with Gasteiger partial charge in [-0.1, -0.05) is 39.9 Å². The van der Waals surface area contributed by atoms with E-state index in [0.29, 0.717) is 11.0 Å². The van der Waals surface area contributed by atoms with Crippen LogP contribution in [0, 0.1) is 5.41 Å². The van der Waals surface area contributed by atoms with Crippen molar-refractivity contribution in [1.29, 1.82) is 0 Å². The Balaban J connectivity index is 4.17. The maximum atomic E-state index is 5.72. The molecule has 0 aliphatic rings. The van der Waals surface area contributed by atoms with E-state index in [4.69, 9.17) is 18.0 Å². The van der Waals surface area contributed by atoms with E-state index < -0.39 is 0 Å². The fourth-order valence-corrected chi connectivity index (χ4v) is 1.60. The van der Waals surface area contributed by atoms with Crippen molar-refractivity contribution in [2.45, 2.75) is 53.5 Å². The van der Waals surface area contributed by atoms with Gasteiger partial charge in [-0.25, -0.2) is 0 Å². The van der Waals surface area contributed by atoms with Crippen molar-refractivity contribution in [3.05, 3.63) is 0 Å². The van der Waals surface area contributed by atoms with Crippen LogP contribution in [-0.4, -0.2) is 29.0 Å². The zero-order chi connectivity index (χ0) is 12.1. The highest BCUT2D eigenvalue weighted by molar-refractivity contribution is 7.80. The highest BCUT2D eigenvalue weighted by Gasteiger charge is 2.22. The molecule has 15 heavy (non-hydrogen) atoms. The molecular formula is C12H26N2S. The summed E-state index contributed by atoms with van der Waals surface area (Å²) in [5, 5.41) is 0. The van der Waals surface area contributed by atoms with E-state index in [1.807, 2.05) is 0 Å². The molecule has 0 rings (SSSR count). The number of nitrogens with two attached hydrogens (primary N) is 1. The third-order valence-electron chi connectivity index (χ3n) is 3.31. The standard InChI is InChI=1S/C12H26N2S/c1-6-10(3)14(7-2)9-8-12(4,5)11(13)15/h10H,6-9H2,1-5H3,(H2,13,15). The van der Waals surface area contributed by atoms with E-state index in [-0.39, 0.29) is 5.41 Å². The molecule has 90 valence electrons. The molecule has 3 heteroatoms. The minimum absolute atomic E-state index is 0.0176. The Bertz CT molecular complexity index is 202. The molecule has 0 amide bonds. The molecule has 2 N–H and O–H groups in total. The van der Waals surface area contributed by atoms with Crippen molar-refractivity contribution < 1.29 is 0 Å². The first kappa shape index (κ1) is 14.8. The smallest absolute Gasteiger partial charge is 0.0784 e. The van der Waals surface area contributed by atoms with Crippen LogP contribution < -0.4 is 5.73 Å². The van der Waals surface area contributed by atoms with Gasteiger partial charge in [0, 0.05) is 11.5 Å². The number of thiocarbonyl (C=S) groups is 1. The number of hydrogen-bond acceptors (Lipinski definition) is 2. The molecule has 0 saturated heterocycles. The van der Waals surface area contributed by atoms with Gasteiger partial charge in [-0.2, -0.15) is 0 Å². The van der Waals surface area contributed by atoms with Gasteiger partial charge in [-0.3, -0.25) is 0 Å². The molecule has 0 aliphatic carbocycles. The summed E-state index contributed by atoms with van der Waals surface area (Å²) in [5.74, 6) is 0. The second-order valence-electron chi connectivity index (χ2n) is 4.88. The van der Waals surface area contributed by atoms with Gasteiger partial charge in [0.1, 0.15) is 0 Å². The van der Waals surface area contributed by atoms with Crippen molar-refractivity contribution in [2.24, 2.45) is 11.1 Å². The van der Waals surface area contributed by atoms with E-state index in [1.165, 1.54) is 6.42 Å². The Morgan fingerprint density at radius 1 is 1.40 bits per heavy atom. The highest BCUT2D eigenvalue weighted by Crippen LogP contribution is 2.21. The minimum atomic E-state index is -0.0176. The SMILES string of the molecule is CCC(C)N(CC)CCC(C)(C)C(N)=S. The Morgan fingerprint density at radius 3 is 2.27 bits per heavy atom. The second-order valence-corrected chi connectivity index (χ2v) is 5.32. The fourth-order valence-electron chi connectivity index (χ4n) is 1.49. The third-order valence-corrected chi connectivity index (χ3v) is 3.86. The summed E-state index contributed by atoms with van der Waals surface area (Å²) in [4.78, 5) is 3.11. The van der Waals surface area contributed by atoms with Crippen molar-refractivity contribution in [2.75, 3.05) is 13.1 Å². The summed E-state index contributed by atoms with van der Waals surface area (Å²) in [5.41, 5.74) is 5.70. The van der Waals surface area contributed by atoms with Crippen molar-refractivity contribution in [3.8, 4) is 0 Å². The summed E-state index contributed by atoms with van der Waals surface area (Å²) in [6.07, 6.45) is 2.24. The molecule has 0 aromatic carbocycles. The maximum absolute atomic E-state index is 5.72. The molecule has 0 aromatic heterocycles. The zero-order valence-corrected chi connectivity index (χ0v) is 11.7. The summed E-state index contributed by atoms with van der Waals surface area (Å²) in [7, 11) is 0. The van der Waals surface area contributed by atoms with E-state index in [0.717, 1.165) is 19.5 Å². The summed E-state index contributed by atoms with van der Waals surface area (Å²) in [6, 6.07) is 0.650. The second kappa shape index (κ2) is 6.44. The van der Waals surface area contributed by atoms with Gasteiger partial charge >= 0.3 is 0 Å². The van der Waals surface area contributed by atoms with E-state index in [9.17, 15) is 0 Å². The first-order valence-corrected chi connectivity index (χ1v) is 6.30. The Hall–Kier alpha value is -0.150. The van der Waals surface area contributed by atoms with Crippen LogP contribution in [0.4, 0.5) is 0 Å². The van der Waals surface area contributed by atoms with Gasteiger partial charge in [-0.15, -0.1) is 0 Å². The normalized spacial score (nSPS) is 14.3.